The molecule has 0 amide bonds. The number of nitrogens with zero attached hydrogens (tertiary/aromatic N) is 1. The molecule has 0 bridgehead atoms. The molecule has 1 nitrogen and oxygen atoms in total. The Kier molecular flexibility index (Phi) is 10.8. The summed E-state index contributed by atoms with van der Waals surface area (Å²) in [5, 5.41) is 0. The quantitative estimate of drug-likeness (QED) is 0.124. The molecule has 0 fully saturated rings. The molecular weight excluding hydrogens is 831 g/mol. The lowest BCUT2D eigenvalue weighted by atomic mass is 9.66. The van der Waals surface area contributed by atoms with Crippen LogP contribution in [0.4, 0.5) is 11.4 Å². The van der Waals surface area contributed by atoms with Crippen LogP contribution in [0.2, 0.25) is 0 Å². The van der Waals surface area contributed by atoms with E-state index in [2.05, 4.69) is 268 Å². The van der Waals surface area contributed by atoms with E-state index in [0.29, 0.717) is 0 Å². The minimum Gasteiger partial charge on any atom is -0.311 e. The predicted octanol–water partition coefficient (Wildman–Crippen LogP) is 17.8. The molecule has 0 saturated heterocycles. The Bertz CT molecular complexity index is 3370. The summed E-state index contributed by atoms with van der Waals surface area (Å²) in [6.07, 6.45) is 24.9. The minimum absolute atomic E-state index is 0.133. The topological polar surface area (TPSA) is 3.24 Å². The maximum atomic E-state index is 2.42. The first-order valence-corrected chi connectivity index (χ1v) is 24.7. The number of rotatable bonds is 10. The van der Waals surface area contributed by atoms with Gasteiger partial charge in [-0.15, -0.1) is 0 Å². The van der Waals surface area contributed by atoms with Gasteiger partial charge in [0, 0.05) is 22.5 Å². The molecule has 332 valence electrons. The SMILES string of the molecule is CC1(C)c2cc(/C=C/c3ccc(/C=C/c4ccc(-c5cccc6c5C5=C(C=CCC5)C6(c5ccccc5)c5ccccc5)cc4)cc3)ccc2-c2ccc(N(C3=CCCC=C3)c3ccccc3)cc21. The fourth-order valence-corrected chi connectivity index (χ4v) is 11.7. The van der Waals surface area contributed by atoms with E-state index in [9.17, 15) is 0 Å². The summed E-state index contributed by atoms with van der Waals surface area (Å²) in [5.74, 6) is 0. The van der Waals surface area contributed by atoms with E-state index < -0.39 is 0 Å². The molecule has 0 saturated carbocycles. The second-order valence-electron chi connectivity index (χ2n) is 19.4. The molecule has 0 radical (unpaired) electrons. The van der Waals surface area contributed by atoms with Gasteiger partial charge in [0.1, 0.15) is 0 Å². The van der Waals surface area contributed by atoms with E-state index in [4.69, 9.17) is 0 Å². The highest BCUT2D eigenvalue weighted by Crippen LogP contribution is 2.59. The Morgan fingerprint density at radius 1 is 0.435 bits per heavy atom. The molecule has 0 spiro atoms. The lowest BCUT2D eigenvalue weighted by molar-refractivity contribution is 0.660. The Morgan fingerprint density at radius 3 is 1.64 bits per heavy atom. The second kappa shape index (κ2) is 17.6. The van der Waals surface area contributed by atoms with Crippen LogP contribution in [0.25, 0.3) is 52.1 Å². The monoisotopic (exact) mass is 885 g/mol. The zero-order chi connectivity index (χ0) is 46.4. The van der Waals surface area contributed by atoms with Crippen LogP contribution in [0.3, 0.4) is 0 Å². The molecule has 8 aromatic rings. The van der Waals surface area contributed by atoms with Crippen molar-refractivity contribution in [2.45, 2.75) is 50.4 Å². The Morgan fingerprint density at radius 2 is 1.00 bits per heavy atom. The van der Waals surface area contributed by atoms with Gasteiger partial charge >= 0.3 is 0 Å². The van der Waals surface area contributed by atoms with Crippen molar-refractivity contribution in [2.24, 2.45) is 0 Å². The number of hydrogen-bond donors (Lipinski definition) is 0. The van der Waals surface area contributed by atoms with E-state index >= 15 is 0 Å². The van der Waals surface area contributed by atoms with Crippen molar-refractivity contribution in [3.63, 3.8) is 0 Å². The van der Waals surface area contributed by atoms with Crippen LogP contribution in [0.1, 0.15) is 95.2 Å². The van der Waals surface area contributed by atoms with Gasteiger partial charge < -0.3 is 4.90 Å². The third kappa shape index (κ3) is 7.41. The maximum Gasteiger partial charge on any atom is 0.0710 e. The zero-order valence-corrected chi connectivity index (χ0v) is 39.4. The lowest BCUT2D eigenvalue weighted by Crippen LogP contribution is -2.29. The van der Waals surface area contributed by atoms with Crippen molar-refractivity contribution in [1.82, 2.24) is 0 Å². The second-order valence-corrected chi connectivity index (χ2v) is 19.4. The summed E-state index contributed by atoms with van der Waals surface area (Å²) < 4.78 is 0. The zero-order valence-electron chi connectivity index (χ0n) is 39.4. The number of allylic oxidation sites excluding steroid dienone is 7. The summed E-state index contributed by atoms with van der Waals surface area (Å²) in [5.41, 5.74) is 24.2. The Labute approximate surface area is 408 Å². The number of fused-ring (bicyclic) bond motifs is 5. The molecule has 0 unspecified atom stereocenters. The third-order valence-electron chi connectivity index (χ3n) is 15.0. The molecule has 4 aliphatic carbocycles. The fraction of sp³-hybridized carbons (Fsp3) is 0.118. The number of benzene rings is 8. The van der Waals surface area contributed by atoms with Gasteiger partial charge in [-0.25, -0.2) is 0 Å². The van der Waals surface area contributed by atoms with Crippen LogP contribution in [0.5, 0.6) is 0 Å². The lowest BCUT2D eigenvalue weighted by Gasteiger charge is -2.35. The van der Waals surface area contributed by atoms with E-state index in [-0.39, 0.29) is 10.8 Å². The molecule has 0 aliphatic heterocycles. The van der Waals surface area contributed by atoms with Gasteiger partial charge in [-0.3, -0.25) is 0 Å². The van der Waals surface area contributed by atoms with Gasteiger partial charge in [-0.1, -0.05) is 232 Å². The van der Waals surface area contributed by atoms with Gasteiger partial charge in [0.25, 0.3) is 0 Å². The molecular formula is C68H55N. The molecule has 8 aromatic carbocycles. The molecule has 1 heteroatoms. The molecule has 69 heavy (non-hydrogen) atoms. The van der Waals surface area contributed by atoms with Gasteiger partial charge in [0.05, 0.1) is 5.41 Å². The van der Waals surface area contributed by atoms with Gasteiger partial charge in [-0.2, -0.15) is 0 Å². The summed E-state index contributed by atoms with van der Waals surface area (Å²) >= 11 is 0. The van der Waals surface area contributed by atoms with Crippen LogP contribution >= 0.6 is 0 Å². The normalized spacial score (nSPS) is 16.1. The van der Waals surface area contributed by atoms with Crippen LogP contribution in [-0.2, 0) is 10.8 Å². The number of para-hydroxylation sites is 1. The molecule has 0 atom stereocenters. The van der Waals surface area contributed by atoms with E-state index in [1.54, 1.807) is 0 Å². The van der Waals surface area contributed by atoms with Crippen LogP contribution in [-0.4, -0.2) is 0 Å². The Balaban J connectivity index is 0.764. The van der Waals surface area contributed by atoms with E-state index in [0.717, 1.165) is 25.7 Å². The first kappa shape index (κ1) is 42.4. The predicted molar refractivity (Wildman–Crippen MR) is 293 cm³/mol. The highest BCUT2D eigenvalue weighted by Gasteiger charge is 2.48. The average Bonchev–Trinajstić information content (AvgIpc) is 3.84. The van der Waals surface area contributed by atoms with Crippen molar-refractivity contribution in [1.29, 1.82) is 0 Å². The molecule has 12 rings (SSSR count). The smallest absolute Gasteiger partial charge is 0.0710 e. The van der Waals surface area contributed by atoms with Crippen molar-refractivity contribution in [2.75, 3.05) is 4.90 Å². The maximum absolute atomic E-state index is 2.42. The third-order valence-corrected chi connectivity index (χ3v) is 15.0. The van der Waals surface area contributed by atoms with Crippen LogP contribution in [0, 0.1) is 0 Å². The summed E-state index contributed by atoms with van der Waals surface area (Å²) in [4.78, 5) is 2.40. The van der Waals surface area contributed by atoms with Crippen molar-refractivity contribution in [3.05, 3.63) is 291 Å². The molecule has 0 aromatic heterocycles. The minimum atomic E-state index is -0.358. The van der Waals surface area contributed by atoms with Gasteiger partial charge in [0.15, 0.2) is 0 Å². The highest BCUT2D eigenvalue weighted by molar-refractivity contribution is 5.95. The van der Waals surface area contributed by atoms with E-state index in [1.165, 1.54) is 106 Å². The fourth-order valence-electron chi connectivity index (χ4n) is 11.7. The van der Waals surface area contributed by atoms with Crippen LogP contribution < -0.4 is 4.90 Å². The van der Waals surface area contributed by atoms with Crippen molar-refractivity contribution in [3.8, 4) is 22.3 Å². The number of hydrogen-bond acceptors (Lipinski definition) is 1. The summed E-state index contributed by atoms with van der Waals surface area (Å²) in [7, 11) is 0. The average molecular weight is 886 g/mol. The number of anilines is 2. The molecule has 0 N–H and O–H groups in total. The van der Waals surface area contributed by atoms with Gasteiger partial charge in [-0.05, 0) is 145 Å². The largest absolute Gasteiger partial charge is 0.311 e. The van der Waals surface area contributed by atoms with Crippen LogP contribution in [0.15, 0.2) is 236 Å². The van der Waals surface area contributed by atoms with Crippen molar-refractivity contribution < 1.29 is 0 Å². The highest BCUT2D eigenvalue weighted by atomic mass is 15.1. The molecule has 4 aliphatic rings. The van der Waals surface area contributed by atoms with E-state index in [1.807, 2.05) is 0 Å². The first-order chi connectivity index (χ1) is 34.0. The summed E-state index contributed by atoms with van der Waals surface area (Å²) in [6.45, 7) is 4.75. The van der Waals surface area contributed by atoms with Gasteiger partial charge in [0.2, 0.25) is 0 Å². The first-order valence-electron chi connectivity index (χ1n) is 24.7. The standard InChI is InChI=1S/C68H55N/c1-67(2)64-46-51(40-44-59(64)60-45-43-57(47-65(60)67)69(55-22-11-5-12-23-55)56-24-13-6-14-25-56)37-36-49-32-30-48(31-33-49)34-35-50-38-41-52(42-39-50)58-27-17-29-63-66(58)61-26-15-16-28-62(61)68(63,53-18-7-3-8-19-53)54-20-9-4-10-21-54/h3-5,7-13,16-25,27-47H,6,14-15,26H2,1-2H3/b35-34+,37-36+. The van der Waals surface area contributed by atoms with Crippen molar-refractivity contribution >= 4 is 41.3 Å². The summed E-state index contributed by atoms with van der Waals surface area (Å²) in [6, 6.07) is 72.0. The Hall–Kier alpha value is -8.00. The molecule has 0 heterocycles.